The summed E-state index contributed by atoms with van der Waals surface area (Å²) in [4.78, 5) is 0. The molecule has 0 saturated heterocycles. The van der Waals surface area contributed by atoms with Crippen LogP contribution in [0.4, 0.5) is 14.5 Å². The van der Waals surface area contributed by atoms with Crippen molar-refractivity contribution in [2.75, 3.05) is 5.32 Å². The van der Waals surface area contributed by atoms with Gasteiger partial charge in [-0.25, -0.2) is 8.78 Å². The Morgan fingerprint density at radius 2 is 2.00 bits per heavy atom. The minimum Gasteiger partial charge on any atom is -0.379 e. The summed E-state index contributed by atoms with van der Waals surface area (Å²) in [6, 6.07) is 4.50. The van der Waals surface area contributed by atoms with Gasteiger partial charge in [0.1, 0.15) is 0 Å². The van der Waals surface area contributed by atoms with E-state index in [2.05, 4.69) is 19.2 Å². The highest BCUT2D eigenvalue weighted by Gasteiger charge is 2.32. The van der Waals surface area contributed by atoms with E-state index < -0.39 is 11.6 Å². The first-order valence-corrected chi connectivity index (χ1v) is 6.21. The lowest BCUT2D eigenvalue weighted by Gasteiger charge is -2.39. The predicted octanol–water partition coefficient (Wildman–Crippen LogP) is 4.35. The second-order valence-corrected chi connectivity index (χ2v) is 5.53. The van der Waals surface area contributed by atoms with Crippen molar-refractivity contribution in [3.05, 3.63) is 29.8 Å². The van der Waals surface area contributed by atoms with Gasteiger partial charge in [-0.1, -0.05) is 32.8 Å². The van der Waals surface area contributed by atoms with Gasteiger partial charge in [0, 0.05) is 6.04 Å². The van der Waals surface area contributed by atoms with Gasteiger partial charge in [-0.15, -0.1) is 0 Å². The van der Waals surface area contributed by atoms with Crippen molar-refractivity contribution in [2.24, 2.45) is 5.41 Å². The van der Waals surface area contributed by atoms with Gasteiger partial charge in [0.15, 0.2) is 11.6 Å². The van der Waals surface area contributed by atoms with Crippen LogP contribution in [0, 0.1) is 17.0 Å². The third-order valence-corrected chi connectivity index (χ3v) is 3.79. The number of hydrogen-bond donors (Lipinski definition) is 1. The summed E-state index contributed by atoms with van der Waals surface area (Å²) in [6.45, 7) is 4.36. The monoisotopic (exact) mass is 239 g/mol. The van der Waals surface area contributed by atoms with E-state index in [4.69, 9.17) is 0 Å². The highest BCUT2D eigenvalue weighted by atomic mass is 19.2. The molecule has 0 heterocycles. The molecule has 1 unspecified atom stereocenters. The van der Waals surface area contributed by atoms with E-state index in [1.165, 1.54) is 12.5 Å². The van der Waals surface area contributed by atoms with Crippen molar-refractivity contribution in [1.29, 1.82) is 0 Å². The van der Waals surface area contributed by atoms with E-state index in [-0.39, 0.29) is 17.1 Å². The maximum atomic E-state index is 13.6. The topological polar surface area (TPSA) is 12.0 Å². The van der Waals surface area contributed by atoms with Gasteiger partial charge in [-0.05, 0) is 30.4 Å². The summed E-state index contributed by atoms with van der Waals surface area (Å²) in [6.07, 6.45) is 4.51. The van der Waals surface area contributed by atoms with Crippen LogP contribution in [0.2, 0.25) is 0 Å². The molecule has 0 bridgehead atoms. The summed E-state index contributed by atoms with van der Waals surface area (Å²) in [5, 5.41) is 3.17. The van der Waals surface area contributed by atoms with Gasteiger partial charge in [0.05, 0.1) is 5.69 Å². The highest BCUT2D eigenvalue weighted by Crippen LogP contribution is 2.37. The van der Waals surface area contributed by atoms with Gasteiger partial charge in [0.25, 0.3) is 0 Å². The minimum absolute atomic E-state index is 0.136. The Morgan fingerprint density at radius 3 is 2.71 bits per heavy atom. The number of anilines is 1. The second kappa shape index (κ2) is 4.63. The van der Waals surface area contributed by atoms with Crippen LogP contribution < -0.4 is 5.32 Å². The highest BCUT2D eigenvalue weighted by molar-refractivity contribution is 5.46. The molecular formula is C14H19F2N. The summed E-state index contributed by atoms with van der Waals surface area (Å²) in [5.41, 5.74) is 0.418. The molecule has 17 heavy (non-hydrogen) atoms. The average molecular weight is 239 g/mol. The van der Waals surface area contributed by atoms with Crippen LogP contribution in [0.25, 0.3) is 0 Å². The average Bonchev–Trinajstić information content (AvgIpc) is 2.27. The number of nitrogens with one attached hydrogen (secondary N) is 1. The predicted molar refractivity (Wildman–Crippen MR) is 66.0 cm³/mol. The molecule has 0 aliphatic heterocycles. The van der Waals surface area contributed by atoms with Crippen molar-refractivity contribution in [2.45, 2.75) is 45.6 Å². The largest absolute Gasteiger partial charge is 0.379 e. The first kappa shape index (κ1) is 12.3. The van der Waals surface area contributed by atoms with Gasteiger partial charge >= 0.3 is 0 Å². The zero-order valence-corrected chi connectivity index (χ0v) is 10.4. The molecule has 1 atom stereocenters. The van der Waals surface area contributed by atoms with Crippen LogP contribution in [0.1, 0.15) is 39.5 Å². The zero-order valence-electron chi connectivity index (χ0n) is 10.4. The molecular weight excluding hydrogens is 220 g/mol. The molecule has 1 fully saturated rings. The lowest BCUT2D eigenvalue weighted by Crippen LogP contribution is -2.39. The Bertz CT molecular complexity index is 401. The maximum absolute atomic E-state index is 13.6. The molecule has 1 N–H and O–H groups in total. The molecule has 1 saturated carbocycles. The fraction of sp³-hybridized carbons (Fsp3) is 0.571. The van der Waals surface area contributed by atoms with E-state index >= 15 is 0 Å². The summed E-state index contributed by atoms with van der Waals surface area (Å²) < 4.78 is 26.7. The Morgan fingerprint density at radius 1 is 1.24 bits per heavy atom. The van der Waals surface area contributed by atoms with E-state index in [0.29, 0.717) is 0 Å². The van der Waals surface area contributed by atoms with E-state index in [1.807, 2.05) is 0 Å². The lowest BCUT2D eigenvalue weighted by atomic mass is 9.73. The fourth-order valence-electron chi connectivity index (χ4n) is 2.56. The Kier molecular flexibility index (Phi) is 3.36. The maximum Gasteiger partial charge on any atom is 0.181 e. The number of rotatable bonds is 2. The molecule has 1 aromatic carbocycles. The van der Waals surface area contributed by atoms with Gasteiger partial charge in [-0.3, -0.25) is 0 Å². The molecule has 1 aromatic rings. The Hall–Kier alpha value is -1.12. The standard InChI is InChI=1S/C14H19F2N/c1-14(2)9-4-3-8-12(14)17-11-7-5-6-10(15)13(11)16/h5-7,12,17H,3-4,8-9H2,1-2H3. The fourth-order valence-corrected chi connectivity index (χ4v) is 2.56. The normalized spacial score (nSPS) is 23.4. The van der Waals surface area contributed by atoms with Gasteiger partial charge in [-0.2, -0.15) is 0 Å². The van der Waals surface area contributed by atoms with Crippen molar-refractivity contribution >= 4 is 5.69 Å². The summed E-state index contributed by atoms with van der Waals surface area (Å²) in [7, 11) is 0. The van der Waals surface area contributed by atoms with Crippen molar-refractivity contribution in [1.82, 2.24) is 0 Å². The quantitative estimate of drug-likeness (QED) is 0.809. The van der Waals surface area contributed by atoms with Crippen LogP contribution in [0.15, 0.2) is 18.2 Å². The molecule has 3 heteroatoms. The Labute approximate surface area is 101 Å². The van der Waals surface area contributed by atoms with Crippen molar-refractivity contribution in [3.8, 4) is 0 Å². The number of benzene rings is 1. The van der Waals surface area contributed by atoms with Crippen LogP contribution in [-0.2, 0) is 0 Å². The van der Waals surface area contributed by atoms with Crippen molar-refractivity contribution in [3.63, 3.8) is 0 Å². The lowest BCUT2D eigenvalue weighted by molar-refractivity contribution is 0.216. The van der Waals surface area contributed by atoms with Crippen LogP contribution in [0.5, 0.6) is 0 Å². The summed E-state index contributed by atoms with van der Waals surface area (Å²) >= 11 is 0. The third kappa shape index (κ3) is 2.59. The molecule has 1 nitrogen and oxygen atoms in total. The minimum atomic E-state index is -0.788. The van der Waals surface area contributed by atoms with E-state index in [0.717, 1.165) is 25.3 Å². The summed E-state index contributed by atoms with van der Waals surface area (Å²) in [5.74, 6) is -1.56. The second-order valence-electron chi connectivity index (χ2n) is 5.53. The molecule has 1 aliphatic carbocycles. The molecule has 2 rings (SSSR count). The number of halogens is 2. The van der Waals surface area contributed by atoms with Crippen LogP contribution >= 0.6 is 0 Å². The first-order valence-electron chi connectivity index (χ1n) is 6.21. The molecule has 0 aromatic heterocycles. The van der Waals surface area contributed by atoms with Crippen LogP contribution in [-0.4, -0.2) is 6.04 Å². The Balaban J connectivity index is 2.17. The van der Waals surface area contributed by atoms with Gasteiger partial charge in [0.2, 0.25) is 0 Å². The molecule has 94 valence electrons. The van der Waals surface area contributed by atoms with E-state index in [1.54, 1.807) is 6.07 Å². The smallest absolute Gasteiger partial charge is 0.181 e. The SMILES string of the molecule is CC1(C)CCCCC1Nc1cccc(F)c1F. The number of hydrogen-bond acceptors (Lipinski definition) is 1. The molecule has 1 aliphatic rings. The zero-order chi connectivity index (χ0) is 12.5. The first-order chi connectivity index (χ1) is 8.00. The van der Waals surface area contributed by atoms with Crippen molar-refractivity contribution < 1.29 is 8.78 Å². The molecule has 0 amide bonds. The molecule has 0 radical (unpaired) electrons. The van der Waals surface area contributed by atoms with E-state index in [9.17, 15) is 8.78 Å². The van der Waals surface area contributed by atoms with Gasteiger partial charge < -0.3 is 5.32 Å². The van der Waals surface area contributed by atoms with Crippen LogP contribution in [0.3, 0.4) is 0 Å². The molecule has 0 spiro atoms. The third-order valence-electron chi connectivity index (χ3n) is 3.79.